The molecule has 122 valence electrons. The zero-order valence-corrected chi connectivity index (χ0v) is 14.3. The molecule has 2 atom stereocenters. The van der Waals surface area contributed by atoms with Gasteiger partial charge in [-0.2, -0.15) is 0 Å². The van der Waals surface area contributed by atoms with Gasteiger partial charge in [-0.15, -0.1) is 0 Å². The van der Waals surface area contributed by atoms with Gasteiger partial charge < -0.3 is 4.74 Å². The molecule has 0 aromatic carbocycles. The fourth-order valence-corrected chi connectivity index (χ4v) is 2.75. The Balaban J connectivity index is 2.51. The second-order valence-electron chi connectivity index (χ2n) is 7.38. The summed E-state index contributed by atoms with van der Waals surface area (Å²) in [7, 11) is 0. The first-order chi connectivity index (χ1) is 9.77. The van der Waals surface area contributed by atoms with E-state index in [4.69, 9.17) is 4.74 Å². The van der Waals surface area contributed by atoms with Crippen LogP contribution in [0.25, 0.3) is 0 Å². The predicted octanol–water partition coefficient (Wildman–Crippen LogP) is 4.38. The minimum Gasteiger partial charge on any atom is -0.447 e. The van der Waals surface area contributed by atoms with Crippen molar-refractivity contribution in [2.45, 2.75) is 79.2 Å². The van der Waals surface area contributed by atoms with E-state index >= 15 is 0 Å². The van der Waals surface area contributed by atoms with Crippen molar-refractivity contribution in [3.8, 4) is 0 Å². The molecule has 1 heterocycles. The first kappa shape index (κ1) is 18.0. The Hall–Kier alpha value is -1.06. The van der Waals surface area contributed by atoms with Crippen molar-refractivity contribution in [3.05, 3.63) is 0 Å². The standard InChI is InChI=1S/C17H31NO3/c1-6-7-8-9-10-13(2)11-15(19)18-14(17(3,4)5)12-21-16(18)20/h13-14H,6-12H2,1-5H3/t13-,14+/m0/s1. The summed E-state index contributed by atoms with van der Waals surface area (Å²) in [6.07, 6.45) is 5.88. The summed E-state index contributed by atoms with van der Waals surface area (Å²) in [5.41, 5.74) is -0.147. The highest BCUT2D eigenvalue weighted by molar-refractivity contribution is 5.93. The summed E-state index contributed by atoms with van der Waals surface area (Å²) >= 11 is 0. The van der Waals surface area contributed by atoms with Gasteiger partial charge in [0.1, 0.15) is 6.61 Å². The van der Waals surface area contributed by atoms with E-state index in [-0.39, 0.29) is 17.4 Å². The maximum atomic E-state index is 12.4. The molecule has 0 bridgehead atoms. The molecule has 1 saturated heterocycles. The quantitative estimate of drug-likeness (QED) is 0.655. The minimum atomic E-state index is -0.474. The third-order valence-corrected chi connectivity index (χ3v) is 4.21. The molecular weight excluding hydrogens is 266 g/mol. The topological polar surface area (TPSA) is 46.6 Å². The van der Waals surface area contributed by atoms with Crippen LogP contribution in [0.15, 0.2) is 0 Å². The fraction of sp³-hybridized carbons (Fsp3) is 0.882. The first-order valence-electron chi connectivity index (χ1n) is 8.26. The number of rotatable bonds is 7. The number of carbonyl (C=O) groups excluding carboxylic acids is 2. The molecule has 0 saturated carbocycles. The van der Waals surface area contributed by atoms with Crippen LogP contribution in [0.2, 0.25) is 0 Å². The van der Waals surface area contributed by atoms with Gasteiger partial charge in [0, 0.05) is 6.42 Å². The average Bonchev–Trinajstić information content (AvgIpc) is 2.76. The molecule has 21 heavy (non-hydrogen) atoms. The molecular formula is C17H31NO3. The Morgan fingerprint density at radius 2 is 2.00 bits per heavy atom. The molecule has 0 N–H and O–H groups in total. The van der Waals surface area contributed by atoms with Gasteiger partial charge in [0.05, 0.1) is 6.04 Å². The number of imide groups is 1. The molecule has 4 heteroatoms. The second-order valence-corrected chi connectivity index (χ2v) is 7.38. The number of carbonyl (C=O) groups is 2. The van der Waals surface area contributed by atoms with E-state index in [2.05, 4.69) is 13.8 Å². The van der Waals surface area contributed by atoms with Gasteiger partial charge in [-0.3, -0.25) is 4.79 Å². The lowest BCUT2D eigenvalue weighted by Crippen LogP contribution is -2.46. The summed E-state index contributed by atoms with van der Waals surface area (Å²) in [4.78, 5) is 25.6. The highest BCUT2D eigenvalue weighted by atomic mass is 16.6. The van der Waals surface area contributed by atoms with E-state index in [1.54, 1.807) is 0 Å². The van der Waals surface area contributed by atoms with Gasteiger partial charge in [0.25, 0.3) is 0 Å². The summed E-state index contributed by atoms with van der Waals surface area (Å²) < 4.78 is 5.09. The maximum absolute atomic E-state index is 12.4. The van der Waals surface area contributed by atoms with Crippen molar-refractivity contribution in [1.29, 1.82) is 0 Å². The summed E-state index contributed by atoms with van der Waals surface area (Å²) in [6, 6.07) is -0.148. The van der Waals surface area contributed by atoms with E-state index in [9.17, 15) is 9.59 Å². The SMILES string of the molecule is CCCCCC[C@H](C)CC(=O)N1C(=O)OC[C@@H]1C(C)(C)C. The summed E-state index contributed by atoms with van der Waals surface area (Å²) in [6.45, 7) is 10.7. The number of unbranched alkanes of at least 4 members (excludes halogenated alkanes) is 3. The van der Waals surface area contributed by atoms with Crippen molar-refractivity contribution >= 4 is 12.0 Å². The number of amides is 2. The van der Waals surface area contributed by atoms with Crippen LogP contribution in [0.5, 0.6) is 0 Å². The van der Waals surface area contributed by atoms with Crippen LogP contribution in [-0.4, -0.2) is 29.5 Å². The molecule has 1 rings (SSSR count). The molecule has 1 aliphatic rings. The van der Waals surface area contributed by atoms with Crippen LogP contribution in [0.4, 0.5) is 4.79 Å². The second kappa shape index (κ2) is 7.81. The number of nitrogens with zero attached hydrogens (tertiary/aromatic N) is 1. The molecule has 1 fully saturated rings. The van der Waals surface area contributed by atoms with Crippen LogP contribution in [0.1, 0.15) is 73.1 Å². The van der Waals surface area contributed by atoms with Crippen molar-refractivity contribution in [2.24, 2.45) is 11.3 Å². The van der Waals surface area contributed by atoms with Gasteiger partial charge in [0.2, 0.25) is 5.91 Å². The number of cyclic esters (lactones) is 1. The lowest BCUT2D eigenvalue weighted by Gasteiger charge is -2.31. The minimum absolute atomic E-state index is 0.0829. The van der Waals surface area contributed by atoms with E-state index in [0.29, 0.717) is 18.9 Å². The zero-order valence-electron chi connectivity index (χ0n) is 14.3. The van der Waals surface area contributed by atoms with Crippen LogP contribution < -0.4 is 0 Å². The van der Waals surface area contributed by atoms with E-state index in [1.807, 2.05) is 20.8 Å². The Morgan fingerprint density at radius 1 is 1.33 bits per heavy atom. The van der Waals surface area contributed by atoms with Crippen molar-refractivity contribution in [2.75, 3.05) is 6.61 Å². The maximum Gasteiger partial charge on any atom is 0.416 e. The molecule has 0 radical (unpaired) electrons. The number of hydrogen-bond acceptors (Lipinski definition) is 3. The lowest BCUT2D eigenvalue weighted by atomic mass is 9.86. The molecule has 0 aromatic heterocycles. The van der Waals surface area contributed by atoms with E-state index in [1.165, 1.54) is 24.2 Å². The Kier molecular flexibility index (Phi) is 6.69. The van der Waals surface area contributed by atoms with Gasteiger partial charge in [-0.25, -0.2) is 9.69 Å². The Bertz CT molecular complexity index is 360. The van der Waals surface area contributed by atoms with Gasteiger partial charge in [-0.05, 0) is 11.3 Å². The number of hydrogen-bond donors (Lipinski definition) is 0. The molecule has 0 aromatic rings. The van der Waals surface area contributed by atoms with Crippen LogP contribution >= 0.6 is 0 Å². The van der Waals surface area contributed by atoms with Crippen molar-refractivity contribution in [1.82, 2.24) is 4.90 Å². The first-order valence-corrected chi connectivity index (χ1v) is 8.26. The monoisotopic (exact) mass is 297 g/mol. The molecule has 2 amide bonds. The van der Waals surface area contributed by atoms with Crippen LogP contribution in [0, 0.1) is 11.3 Å². The molecule has 0 unspecified atom stereocenters. The Morgan fingerprint density at radius 3 is 2.57 bits per heavy atom. The summed E-state index contributed by atoms with van der Waals surface area (Å²) in [5, 5.41) is 0. The van der Waals surface area contributed by atoms with Crippen molar-refractivity contribution in [3.63, 3.8) is 0 Å². The van der Waals surface area contributed by atoms with Crippen LogP contribution in [-0.2, 0) is 9.53 Å². The van der Waals surface area contributed by atoms with Gasteiger partial charge in [-0.1, -0.05) is 66.7 Å². The highest BCUT2D eigenvalue weighted by Gasteiger charge is 2.44. The number of ether oxygens (including phenoxy) is 1. The highest BCUT2D eigenvalue weighted by Crippen LogP contribution is 2.30. The van der Waals surface area contributed by atoms with Gasteiger partial charge >= 0.3 is 6.09 Å². The zero-order chi connectivity index (χ0) is 16.0. The molecule has 4 nitrogen and oxygen atoms in total. The lowest BCUT2D eigenvalue weighted by molar-refractivity contribution is -0.131. The average molecular weight is 297 g/mol. The van der Waals surface area contributed by atoms with Crippen molar-refractivity contribution < 1.29 is 14.3 Å². The normalized spacial score (nSPS) is 20.5. The van der Waals surface area contributed by atoms with E-state index in [0.717, 1.165) is 12.8 Å². The molecule has 0 aliphatic carbocycles. The molecule has 0 spiro atoms. The third-order valence-electron chi connectivity index (χ3n) is 4.21. The third kappa shape index (κ3) is 5.33. The summed E-state index contributed by atoms with van der Waals surface area (Å²) in [5.74, 6) is 0.240. The Labute approximate surface area is 129 Å². The fourth-order valence-electron chi connectivity index (χ4n) is 2.75. The predicted molar refractivity (Wildman–Crippen MR) is 84.0 cm³/mol. The van der Waals surface area contributed by atoms with E-state index < -0.39 is 6.09 Å². The van der Waals surface area contributed by atoms with Crippen LogP contribution in [0.3, 0.4) is 0 Å². The van der Waals surface area contributed by atoms with Gasteiger partial charge in [0.15, 0.2) is 0 Å². The largest absolute Gasteiger partial charge is 0.447 e. The molecule has 1 aliphatic heterocycles. The smallest absolute Gasteiger partial charge is 0.416 e.